The summed E-state index contributed by atoms with van der Waals surface area (Å²) >= 11 is 0. The van der Waals surface area contributed by atoms with Gasteiger partial charge in [0.2, 0.25) is 0 Å². The van der Waals surface area contributed by atoms with E-state index >= 15 is 0 Å². The van der Waals surface area contributed by atoms with Crippen LogP contribution < -0.4 is 15.3 Å². The van der Waals surface area contributed by atoms with E-state index in [4.69, 9.17) is 5.11 Å². The van der Waals surface area contributed by atoms with Crippen molar-refractivity contribution in [3.8, 4) is 0 Å². The van der Waals surface area contributed by atoms with Crippen LogP contribution in [0.3, 0.4) is 0 Å². The molecule has 0 atom stereocenters. The molecule has 0 radical (unpaired) electrons. The molecule has 0 fully saturated rings. The van der Waals surface area contributed by atoms with Crippen molar-refractivity contribution in [2.45, 2.75) is 18.4 Å². The first-order chi connectivity index (χ1) is 5.78. The molecule has 0 amide bonds. The van der Waals surface area contributed by atoms with Crippen molar-refractivity contribution in [3.05, 3.63) is 0 Å². The largest absolute Gasteiger partial charge is 0.550 e. The van der Waals surface area contributed by atoms with Crippen LogP contribution in [0.4, 0.5) is 0 Å². The summed E-state index contributed by atoms with van der Waals surface area (Å²) in [6.07, 6.45) is -2.72. The van der Waals surface area contributed by atoms with Crippen LogP contribution in [0, 0.1) is 0 Å². The quantitative estimate of drug-likeness (QED) is 0.480. The Morgan fingerprint density at radius 1 is 1.00 bits per heavy atom. The predicted molar refractivity (Wildman–Crippen MR) is 32.8 cm³/mol. The minimum atomic E-state index is -2.97. The number of carbonyl (C=O) groups excluding carboxylic acids is 3. The molecule has 0 bridgehead atoms. The summed E-state index contributed by atoms with van der Waals surface area (Å²) in [6.45, 7) is 0. The van der Waals surface area contributed by atoms with Crippen LogP contribution in [-0.2, 0) is 31.5 Å². The molecule has 0 heterocycles. The Kier molecular flexibility index (Phi) is 9.30. The summed E-state index contributed by atoms with van der Waals surface area (Å²) in [5.41, 5.74) is -2.97. The van der Waals surface area contributed by atoms with Crippen LogP contribution in [-0.4, -0.2) is 34.1 Å². The molecule has 0 spiro atoms. The fourth-order valence-corrected chi connectivity index (χ4v) is 0.684. The SMILES string of the molecule is O.O=C([O-])CC(O)(CC(=O)[O-])C(=O)[O-].[Fe]. The zero-order chi connectivity index (χ0) is 10.6. The van der Waals surface area contributed by atoms with Gasteiger partial charge in [-0.05, 0) is 0 Å². The van der Waals surface area contributed by atoms with E-state index in [1.54, 1.807) is 0 Å². The molecule has 15 heavy (non-hydrogen) atoms. The molecule has 8 nitrogen and oxygen atoms in total. The number of rotatable bonds is 5. The van der Waals surface area contributed by atoms with Crippen molar-refractivity contribution in [1.29, 1.82) is 0 Å². The molecule has 3 N–H and O–H groups in total. The number of aliphatic carboxylic acids is 3. The normalized spacial score (nSPS) is 9.40. The second-order valence-corrected chi connectivity index (χ2v) is 2.42. The Balaban J connectivity index is -0.000000720. The minimum Gasteiger partial charge on any atom is -0.550 e. The number of carbonyl (C=O) groups is 3. The Morgan fingerprint density at radius 2 is 1.27 bits per heavy atom. The van der Waals surface area contributed by atoms with Crippen LogP contribution in [0.5, 0.6) is 0 Å². The van der Waals surface area contributed by atoms with Gasteiger partial charge in [-0.1, -0.05) is 0 Å². The Bertz CT molecular complexity index is 234. The first-order valence-corrected chi connectivity index (χ1v) is 3.11. The maximum absolute atomic E-state index is 10.1. The number of hydrogen-bond donors (Lipinski definition) is 1. The third-order valence-electron chi connectivity index (χ3n) is 1.25. The van der Waals surface area contributed by atoms with Gasteiger partial charge in [-0.15, -0.1) is 0 Å². The van der Waals surface area contributed by atoms with Gasteiger partial charge in [0, 0.05) is 41.8 Å². The molecule has 0 rings (SSSR count). The van der Waals surface area contributed by atoms with Gasteiger partial charge in [0.1, 0.15) is 5.60 Å². The zero-order valence-corrected chi connectivity index (χ0v) is 8.27. The maximum Gasteiger partial charge on any atom is 0.114 e. The van der Waals surface area contributed by atoms with Crippen LogP contribution in [0.1, 0.15) is 12.8 Å². The van der Waals surface area contributed by atoms with Crippen molar-refractivity contribution in [2.75, 3.05) is 0 Å². The topological polar surface area (TPSA) is 172 Å². The summed E-state index contributed by atoms with van der Waals surface area (Å²) < 4.78 is 0. The van der Waals surface area contributed by atoms with Crippen LogP contribution in [0.25, 0.3) is 0 Å². The van der Waals surface area contributed by atoms with E-state index in [9.17, 15) is 29.7 Å². The molecule has 0 aromatic heterocycles. The summed E-state index contributed by atoms with van der Waals surface area (Å²) in [5.74, 6) is -5.98. The summed E-state index contributed by atoms with van der Waals surface area (Å²) in [7, 11) is 0. The Labute approximate surface area is 94.3 Å². The molecule has 0 unspecified atom stereocenters. The van der Waals surface area contributed by atoms with Gasteiger partial charge in [0.05, 0.1) is 5.97 Å². The number of carboxylic acid groups (broad SMARTS) is 3. The van der Waals surface area contributed by atoms with E-state index in [0.29, 0.717) is 0 Å². The number of carboxylic acids is 3. The van der Waals surface area contributed by atoms with Crippen molar-refractivity contribution >= 4 is 17.9 Å². The third kappa shape index (κ3) is 6.86. The first-order valence-electron chi connectivity index (χ1n) is 3.11. The molecule has 90 valence electrons. The molecule has 0 saturated carbocycles. The summed E-state index contributed by atoms with van der Waals surface area (Å²) in [4.78, 5) is 30.0. The fourth-order valence-electron chi connectivity index (χ4n) is 0.684. The van der Waals surface area contributed by atoms with Crippen molar-refractivity contribution in [1.82, 2.24) is 0 Å². The standard InChI is InChI=1S/C6H8O7.Fe.H2O/c7-3(8)1-6(13,5(11)12)2-4(9)10;;/h13H,1-2H2,(H,7,8)(H,9,10)(H,11,12);;1H2/p-3. The van der Waals surface area contributed by atoms with E-state index < -0.39 is 36.4 Å². The fraction of sp³-hybridized carbons (Fsp3) is 0.500. The summed E-state index contributed by atoms with van der Waals surface area (Å²) in [6, 6.07) is 0. The second-order valence-electron chi connectivity index (χ2n) is 2.42. The second kappa shape index (κ2) is 7.18. The van der Waals surface area contributed by atoms with Crippen LogP contribution >= 0.6 is 0 Å². The van der Waals surface area contributed by atoms with E-state index in [-0.39, 0.29) is 22.5 Å². The monoisotopic (exact) mass is 263 g/mol. The zero-order valence-electron chi connectivity index (χ0n) is 7.16. The van der Waals surface area contributed by atoms with Gasteiger partial charge in [-0.3, -0.25) is 0 Å². The van der Waals surface area contributed by atoms with Crippen molar-refractivity contribution < 1.29 is 57.4 Å². The third-order valence-corrected chi connectivity index (χ3v) is 1.25. The molecule has 0 aliphatic heterocycles. The first kappa shape index (κ1) is 19.4. The number of hydrogen-bond acceptors (Lipinski definition) is 7. The van der Waals surface area contributed by atoms with Gasteiger partial charge >= 0.3 is 0 Å². The van der Waals surface area contributed by atoms with Gasteiger partial charge in [0.15, 0.2) is 0 Å². The summed E-state index contributed by atoms with van der Waals surface area (Å²) in [5, 5.41) is 38.9. The molecule has 0 aromatic carbocycles. The average molecular weight is 263 g/mol. The van der Waals surface area contributed by atoms with Gasteiger partial charge in [-0.2, -0.15) is 0 Å². The molecular formula is C6H7FeO8-3. The van der Waals surface area contributed by atoms with E-state index in [2.05, 4.69) is 0 Å². The Morgan fingerprint density at radius 3 is 1.40 bits per heavy atom. The average Bonchev–Trinajstić information content (AvgIpc) is 1.82. The van der Waals surface area contributed by atoms with Gasteiger partial charge in [0.25, 0.3) is 0 Å². The maximum atomic E-state index is 10.1. The van der Waals surface area contributed by atoms with E-state index in [1.165, 1.54) is 0 Å². The molecule has 0 aliphatic rings. The molecule has 9 heteroatoms. The smallest absolute Gasteiger partial charge is 0.114 e. The minimum absolute atomic E-state index is 0. The van der Waals surface area contributed by atoms with Crippen LogP contribution in [0.15, 0.2) is 0 Å². The van der Waals surface area contributed by atoms with E-state index in [1.807, 2.05) is 0 Å². The number of aliphatic hydroxyl groups is 1. The van der Waals surface area contributed by atoms with Crippen molar-refractivity contribution in [3.63, 3.8) is 0 Å². The molecule has 0 aliphatic carbocycles. The van der Waals surface area contributed by atoms with Crippen LogP contribution in [0.2, 0.25) is 0 Å². The Hall–Kier alpha value is -1.15. The molecular weight excluding hydrogens is 256 g/mol. The van der Waals surface area contributed by atoms with Crippen molar-refractivity contribution in [2.24, 2.45) is 0 Å². The molecule has 0 saturated heterocycles. The molecule has 0 aromatic rings. The van der Waals surface area contributed by atoms with Gasteiger partial charge in [-0.25, -0.2) is 0 Å². The predicted octanol–water partition coefficient (Wildman–Crippen LogP) is -6.08. The van der Waals surface area contributed by atoms with E-state index in [0.717, 1.165) is 0 Å². The van der Waals surface area contributed by atoms with Gasteiger partial charge < -0.3 is 40.3 Å².